The number of aliphatic hydroxyl groups excluding tert-OH is 1. The van der Waals surface area contributed by atoms with Crippen LogP contribution >= 0.6 is 11.8 Å². The molecule has 92 valence electrons. The molecule has 2 N–H and O–H groups in total. The number of nitriles is 1. The zero-order chi connectivity index (χ0) is 12.8. The average molecular weight is 244 g/mol. The van der Waals surface area contributed by atoms with E-state index in [1.54, 1.807) is 6.92 Å². The van der Waals surface area contributed by atoms with Crippen molar-refractivity contribution in [1.82, 2.24) is 5.32 Å². The number of amides is 1. The van der Waals surface area contributed by atoms with Gasteiger partial charge >= 0.3 is 0 Å². The molecule has 0 saturated heterocycles. The van der Waals surface area contributed by atoms with Crippen LogP contribution in [-0.4, -0.2) is 34.2 Å². The maximum atomic E-state index is 11.6. The molecule has 2 atom stereocenters. The maximum absolute atomic E-state index is 11.6. The van der Waals surface area contributed by atoms with Crippen molar-refractivity contribution < 1.29 is 9.90 Å². The van der Waals surface area contributed by atoms with Gasteiger partial charge in [0.25, 0.3) is 0 Å². The van der Waals surface area contributed by atoms with Gasteiger partial charge in [0.05, 0.1) is 18.4 Å². The van der Waals surface area contributed by atoms with E-state index < -0.39 is 5.54 Å². The molecule has 0 aromatic heterocycles. The lowest BCUT2D eigenvalue weighted by atomic mass is 9.90. The standard InChI is InChI=1S/C11H20N2O2S/c1-8(2)11(4,7-12)13-10(15)6-16-9(3)5-14/h8-9,14H,5-6H2,1-4H3,(H,13,15). The van der Waals surface area contributed by atoms with Gasteiger partial charge in [-0.25, -0.2) is 0 Å². The van der Waals surface area contributed by atoms with Crippen LogP contribution in [-0.2, 0) is 4.79 Å². The first-order chi connectivity index (χ1) is 7.35. The Hall–Kier alpha value is -0.730. The van der Waals surface area contributed by atoms with Gasteiger partial charge in [-0.1, -0.05) is 20.8 Å². The fourth-order valence-corrected chi connectivity index (χ4v) is 1.51. The summed E-state index contributed by atoms with van der Waals surface area (Å²) in [6.07, 6.45) is 0. The van der Waals surface area contributed by atoms with Crippen molar-refractivity contribution in [2.75, 3.05) is 12.4 Å². The summed E-state index contributed by atoms with van der Waals surface area (Å²) in [5.74, 6) is 0.163. The first-order valence-electron chi connectivity index (χ1n) is 5.30. The number of hydrogen-bond donors (Lipinski definition) is 2. The molecule has 1 amide bonds. The highest BCUT2D eigenvalue weighted by molar-refractivity contribution is 8.00. The fraction of sp³-hybridized carbons (Fsp3) is 0.818. The topological polar surface area (TPSA) is 73.1 Å². The summed E-state index contributed by atoms with van der Waals surface area (Å²) < 4.78 is 0. The van der Waals surface area contributed by atoms with Crippen LogP contribution in [0.4, 0.5) is 0 Å². The molecule has 2 unspecified atom stereocenters. The molecule has 0 aliphatic carbocycles. The zero-order valence-corrected chi connectivity index (χ0v) is 11.1. The van der Waals surface area contributed by atoms with Crippen molar-refractivity contribution in [2.24, 2.45) is 5.92 Å². The van der Waals surface area contributed by atoms with Crippen molar-refractivity contribution in [3.05, 3.63) is 0 Å². The number of nitrogens with zero attached hydrogens (tertiary/aromatic N) is 1. The molecular weight excluding hydrogens is 224 g/mol. The second-order valence-electron chi connectivity index (χ2n) is 4.32. The highest BCUT2D eigenvalue weighted by atomic mass is 32.2. The number of rotatable bonds is 6. The van der Waals surface area contributed by atoms with E-state index in [4.69, 9.17) is 10.4 Å². The Bertz CT molecular complexity index is 276. The van der Waals surface area contributed by atoms with E-state index in [-0.39, 0.29) is 29.4 Å². The monoisotopic (exact) mass is 244 g/mol. The molecule has 0 fully saturated rings. The van der Waals surface area contributed by atoms with Crippen LogP contribution in [0.3, 0.4) is 0 Å². The van der Waals surface area contributed by atoms with Crippen LogP contribution in [0.2, 0.25) is 0 Å². The number of hydrogen-bond acceptors (Lipinski definition) is 4. The predicted molar refractivity (Wildman–Crippen MR) is 66.0 cm³/mol. The fourth-order valence-electron chi connectivity index (χ4n) is 0.898. The normalized spacial score (nSPS) is 16.3. The van der Waals surface area contributed by atoms with Gasteiger partial charge < -0.3 is 10.4 Å². The third-order valence-electron chi connectivity index (χ3n) is 2.54. The Morgan fingerprint density at radius 1 is 1.56 bits per heavy atom. The van der Waals surface area contributed by atoms with Gasteiger partial charge in [0.2, 0.25) is 5.91 Å². The Kier molecular flexibility index (Phi) is 6.46. The van der Waals surface area contributed by atoms with E-state index in [0.717, 1.165) is 0 Å². The Labute approximate surface area is 101 Å². The van der Waals surface area contributed by atoms with E-state index in [9.17, 15) is 4.79 Å². The minimum Gasteiger partial charge on any atom is -0.395 e. The highest BCUT2D eigenvalue weighted by Gasteiger charge is 2.29. The quantitative estimate of drug-likeness (QED) is 0.735. The molecule has 0 spiro atoms. The van der Waals surface area contributed by atoms with Gasteiger partial charge in [0.1, 0.15) is 5.54 Å². The van der Waals surface area contributed by atoms with Crippen LogP contribution < -0.4 is 5.32 Å². The van der Waals surface area contributed by atoms with Gasteiger partial charge in [0, 0.05) is 5.25 Å². The second kappa shape index (κ2) is 6.77. The number of aliphatic hydroxyl groups is 1. The van der Waals surface area contributed by atoms with Crippen molar-refractivity contribution in [1.29, 1.82) is 5.26 Å². The van der Waals surface area contributed by atoms with Crippen molar-refractivity contribution in [3.63, 3.8) is 0 Å². The average Bonchev–Trinajstić information content (AvgIpc) is 2.25. The number of carbonyl (C=O) groups excluding carboxylic acids is 1. The minimum atomic E-state index is -0.819. The van der Waals surface area contributed by atoms with Crippen LogP contribution in [0.15, 0.2) is 0 Å². The summed E-state index contributed by atoms with van der Waals surface area (Å²) in [4.78, 5) is 11.6. The van der Waals surface area contributed by atoms with E-state index in [2.05, 4.69) is 11.4 Å². The molecule has 0 rings (SSSR count). The van der Waals surface area contributed by atoms with E-state index in [1.165, 1.54) is 11.8 Å². The van der Waals surface area contributed by atoms with Gasteiger partial charge in [-0.3, -0.25) is 4.79 Å². The molecular formula is C11H20N2O2S. The van der Waals surface area contributed by atoms with E-state index >= 15 is 0 Å². The molecule has 0 saturated carbocycles. The third kappa shape index (κ3) is 4.86. The number of nitrogens with one attached hydrogen (secondary N) is 1. The lowest BCUT2D eigenvalue weighted by molar-refractivity contribution is -0.120. The van der Waals surface area contributed by atoms with Crippen molar-refractivity contribution in [3.8, 4) is 6.07 Å². The lowest BCUT2D eigenvalue weighted by Crippen LogP contribution is -2.49. The van der Waals surface area contributed by atoms with Gasteiger partial charge in [-0.05, 0) is 12.8 Å². The molecule has 0 aliphatic heterocycles. The molecule has 5 heteroatoms. The van der Waals surface area contributed by atoms with Crippen LogP contribution in [0.25, 0.3) is 0 Å². The lowest BCUT2D eigenvalue weighted by Gasteiger charge is -2.27. The molecule has 0 radical (unpaired) electrons. The van der Waals surface area contributed by atoms with E-state index in [0.29, 0.717) is 0 Å². The van der Waals surface area contributed by atoms with Crippen molar-refractivity contribution >= 4 is 17.7 Å². The van der Waals surface area contributed by atoms with Gasteiger partial charge in [-0.15, -0.1) is 11.8 Å². The zero-order valence-electron chi connectivity index (χ0n) is 10.3. The Balaban J connectivity index is 4.19. The number of thioether (sulfide) groups is 1. The molecule has 4 nitrogen and oxygen atoms in total. The van der Waals surface area contributed by atoms with Gasteiger partial charge in [0.15, 0.2) is 0 Å². The Morgan fingerprint density at radius 3 is 2.50 bits per heavy atom. The predicted octanol–water partition coefficient (Wildman–Crippen LogP) is 1.15. The molecule has 0 aliphatic rings. The first kappa shape index (κ1) is 15.3. The Morgan fingerprint density at radius 2 is 2.12 bits per heavy atom. The molecule has 16 heavy (non-hydrogen) atoms. The third-order valence-corrected chi connectivity index (χ3v) is 3.69. The summed E-state index contributed by atoms with van der Waals surface area (Å²) in [5.41, 5.74) is -0.819. The summed E-state index contributed by atoms with van der Waals surface area (Å²) in [7, 11) is 0. The van der Waals surface area contributed by atoms with Crippen molar-refractivity contribution in [2.45, 2.75) is 38.5 Å². The van der Waals surface area contributed by atoms with Gasteiger partial charge in [-0.2, -0.15) is 5.26 Å². The highest BCUT2D eigenvalue weighted by Crippen LogP contribution is 2.16. The summed E-state index contributed by atoms with van der Waals surface area (Å²) in [6, 6.07) is 2.12. The van der Waals surface area contributed by atoms with Crippen LogP contribution in [0.1, 0.15) is 27.7 Å². The summed E-state index contributed by atoms with van der Waals surface area (Å²) >= 11 is 1.38. The summed E-state index contributed by atoms with van der Waals surface area (Å²) in [6.45, 7) is 7.41. The molecule has 0 bridgehead atoms. The largest absolute Gasteiger partial charge is 0.395 e. The smallest absolute Gasteiger partial charge is 0.231 e. The maximum Gasteiger partial charge on any atom is 0.231 e. The first-order valence-corrected chi connectivity index (χ1v) is 6.35. The molecule has 0 aromatic carbocycles. The summed E-state index contributed by atoms with van der Waals surface area (Å²) in [5, 5.41) is 20.6. The van der Waals surface area contributed by atoms with Crippen LogP contribution in [0.5, 0.6) is 0 Å². The molecule has 0 aromatic rings. The second-order valence-corrected chi connectivity index (χ2v) is 5.75. The number of carbonyl (C=O) groups is 1. The minimum absolute atomic E-state index is 0.0399. The van der Waals surface area contributed by atoms with E-state index in [1.807, 2.05) is 20.8 Å². The molecule has 0 heterocycles. The SMILES string of the molecule is CC(CO)SCC(=O)NC(C)(C#N)C(C)C. The van der Waals surface area contributed by atoms with Crippen LogP contribution in [0, 0.1) is 17.2 Å².